The molecule has 0 saturated heterocycles. The third-order valence-electron chi connectivity index (χ3n) is 3.02. The molecule has 0 fully saturated rings. The van der Waals surface area contributed by atoms with Crippen molar-refractivity contribution >= 4 is 0 Å². The number of fused-ring (bicyclic) bond motifs is 1. The van der Waals surface area contributed by atoms with Crippen molar-refractivity contribution in [3.8, 4) is 0 Å². The zero-order valence-corrected chi connectivity index (χ0v) is 8.26. The van der Waals surface area contributed by atoms with Gasteiger partial charge in [0.05, 0.1) is 0 Å². The van der Waals surface area contributed by atoms with E-state index in [0.717, 1.165) is 6.07 Å². The highest BCUT2D eigenvalue weighted by Gasteiger charge is 2.34. The molecule has 0 bridgehead atoms. The molecule has 4 heteroatoms. The van der Waals surface area contributed by atoms with Crippen molar-refractivity contribution in [3.63, 3.8) is 0 Å². The summed E-state index contributed by atoms with van der Waals surface area (Å²) in [5.41, 5.74) is 4.90. The molecule has 0 aliphatic heterocycles. The Balaban J connectivity index is 2.60. The van der Waals surface area contributed by atoms with Crippen LogP contribution in [0.15, 0.2) is 12.1 Å². The molecule has 15 heavy (non-hydrogen) atoms. The summed E-state index contributed by atoms with van der Waals surface area (Å²) in [6.07, 6.45) is 1.66. The molecule has 0 amide bonds. The first-order valence-electron chi connectivity index (χ1n) is 4.98. The van der Waals surface area contributed by atoms with Gasteiger partial charge in [0.15, 0.2) is 0 Å². The second-order valence-corrected chi connectivity index (χ2v) is 4.00. The number of hydrogen-bond acceptors (Lipinski definition) is 2. The van der Waals surface area contributed by atoms with Crippen molar-refractivity contribution < 1.29 is 13.9 Å². The monoisotopic (exact) mass is 213 g/mol. The highest BCUT2D eigenvalue weighted by molar-refractivity contribution is 5.36. The van der Waals surface area contributed by atoms with Crippen LogP contribution in [-0.2, 0) is 12.0 Å². The van der Waals surface area contributed by atoms with Gasteiger partial charge in [0, 0.05) is 12.6 Å². The molecule has 2 rings (SSSR count). The van der Waals surface area contributed by atoms with E-state index in [1.807, 2.05) is 0 Å². The van der Waals surface area contributed by atoms with Crippen molar-refractivity contribution in [2.24, 2.45) is 5.73 Å². The quantitative estimate of drug-likeness (QED) is 0.741. The lowest BCUT2D eigenvalue weighted by atomic mass is 9.79. The number of nitrogens with two attached hydrogens (primary N) is 1. The summed E-state index contributed by atoms with van der Waals surface area (Å²) < 4.78 is 26.5. The van der Waals surface area contributed by atoms with E-state index in [9.17, 15) is 13.9 Å². The summed E-state index contributed by atoms with van der Waals surface area (Å²) in [7, 11) is 0. The predicted molar refractivity (Wildman–Crippen MR) is 52.2 cm³/mol. The molecule has 0 saturated carbocycles. The molecule has 0 spiro atoms. The van der Waals surface area contributed by atoms with Crippen molar-refractivity contribution in [1.29, 1.82) is 0 Å². The maximum atomic E-state index is 13.4. The number of hydrogen-bond donors (Lipinski definition) is 2. The first-order valence-corrected chi connectivity index (χ1v) is 4.98. The highest BCUT2D eigenvalue weighted by atomic mass is 19.1. The number of halogens is 2. The summed E-state index contributed by atoms with van der Waals surface area (Å²) >= 11 is 0. The fourth-order valence-corrected chi connectivity index (χ4v) is 2.18. The SMILES string of the molecule is NCC1(O)CCCc2c(F)cc(F)cc21. The molecule has 0 aromatic heterocycles. The minimum absolute atomic E-state index is 0.0110. The van der Waals surface area contributed by atoms with Gasteiger partial charge in [0.2, 0.25) is 0 Å². The molecule has 1 aromatic rings. The second kappa shape index (κ2) is 3.54. The third-order valence-corrected chi connectivity index (χ3v) is 3.02. The van der Waals surface area contributed by atoms with Gasteiger partial charge in [0.1, 0.15) is 17.2 Å². The molecule has 1 atom stereocenters. The molecule has 0 radical (unpaired) electrons. The Hall–Kier alpha value is -1.00. The number of aliphatic hydroxyl groups is 1. The Kier molecular flexibility index (Phi) is 2.48. The van der Waals surface area contributed by atoms with Crippen LogP contribution >= 0.6 is 0 Å². The lowest BCUT2D eigenvalue weighted by molar-refractivity contribution is 0.0269. The van der Waals surface area contributed by atoms with Crippen molar-refractivity contribution in [1.82, 2.24) is 0 Å². The van der Waals surface area contributed by atoms with E-state index in [1.54, 1.807) is 0 Å². The van der Waals surface area contributed by atoms with Gasteiger partial charge in [-0.15, -0.1) is 0 Å². The lowest BCUT2D eigenvalue weighted by Crippen LogP contribution is -2.38. The van der Waals surface area contributed by atoms with Crippen LogP contribution < -0.4 is 5.73 Å². The van der Waals surface area contributed by atoms with Crippen LogP contribution in [0.1, 0.15) is 24.0 Å². The van der Waals surface area contributed by atoms with Crippen LogP contribution in [0.5, 0.6) is 0 Å². The van der Waals surface area contributed by atoms with Crippen LogP contribution in [0.4, 0.5) is 8.78 Å². The Labute approximate surface area is 86.7 Å². The predicted octanol–water partition coefficient (Wildman–Crippen LogP) is 1.45. The smallest absolute Gasteiger partial charge is 0.129 e. The Morgan fingerprint density at radius 3 is 2.80 bits per heavy atom. The van der Waals surface area contributed by atoms with E-state index in [1.165, 1.54) is 6.07 Å². The van der Waals surface area contributed by atoms with Crippen LogP contribution in [-0.4, -0.2) is 11.7 Å². The van der Waals surface area contributed by atoms with Crippen LogP contribution in [0.2, 0.25) is 0 Å². The molecular formula is C11H13F2NO. The van der Waals surface area contributed by atoms with Crippen LogP contribution in [0.3, 0.4) is 0 Å². The van der Waals surface area contributed by atoms with Crippen molar-refractivity contribution in [2.75, 3.05) is 6.54 Å². The maximum absolute atomic E-state index is 13.4. The van der Waals surface area contributed by atoms with Gasteiger partial charge in [-0.05, 0) is 36.5 Å². The first-order chi connectivity index (χ1) is 7.07. The zero-order valence-electron chi connectivity index (χ0n) is 8.26. The van der Waals surface area contributed by atoms with Gasteiger partial charge in [-0.25, -0.2) is 8.78 Å². The fourth-order valence-electron chi connectivity index (χ4n) is 2.18. The maximum Gasteiger partial charge on any atom is 0.129 e. The summed E-state index contributed by atoms with van der Waals surface area (Å²) in [5, 5.41) is 10.1. The molecule has 82 valence electrons. The normalized spacial score (nSPS) is 25.1. The molecule has 1 aromatic carbocycles. The van der Waals surface area contributed by atoms with E-state index in [4.69, 9.17) is 5.73 Å². The van der Waals surface area contributed by atoms with E-state index < -0.39 is 17.2 Å². The van der Waals surface area contributed by atoms with E-state index >= 15 is 0 Å². The largest absolute Gasteiger partial charge is 0.384 e. The minimum Gasteiger partial charge on any atom is -0.384 e. The Morgan fingerprint density at radius 1 is 1.40 bits per heavy atom. The molecule has 1 unspecified atom stereocenters. The standard InChI is InChI=1S/C11H13F2NO/c12-7-4-9-8(10(13)5-7)2-1-3-11(9,15)6-14/h4-5,15H,1-3,6,14H2. The summed E-state index contributed by atoms with van der Waals surface area (Å²) in [5.74, 6) is -1.25. The summed E-state index contributed by atoms with van der Waals surface area (Å²) in [6, 6.07) is 2.03. The van der Waals surface area contributed by atoms with Gasteiger partial charge in [-0.3, -0.25) is 0 Å². The average molecular weight is 213 g/mol. The van der Waals surface area contributed by atoms with E-state index in [0.29, 0.717) is 30.4 Å². The van der Waals surface area contributed by atoms with Crippen molar-refractivity contribution in [3.05, 3.63) is 34.9 Å². The van der Waals surface area contributed by atoms with Crippen molar-refractivity contribution in [2.45, 2.75) is 24.9 Å². The molecule has 0 heterocycles. The zero-order chi connectivity index (χ0) is 11.1. The molecule has 2 nitrogen and oxygen atoms in total. The van der Waals surface area contributed by atoms with Gasteiger partial charge >= 0.3 is 0 Å². The third kappa shape index (κ3) is 1.64. The van der Waals surface area contributed by atoms with Crippen LogP contribution in [0.25, 0.3) is 0 Å². The number of rotatable bonds is 1. The van der Waals surface area contributed by atoms with Gasteiger partial charge in [0.25, 0.3) is 0 Å². The van der Waals surface area contributed by atoms with E-state index in [2.05, 4.69) is 0 Å². The van der Waals surface area contributed by atoms with E-state index in [-0.39, 0.29) is 6.54 Å². The number of benzene rings is 1. The summed E-state index contributed by atoms with van der Waals surface area (Å²) in [6.45, 7) is -0.0110. The Bertz CT molecular complexity index is 394. The first kappa shape index (κ1) is 10.5. The lowest BCUT2D eigenvalue weighted by Gasteiger charge is -2.33. The fraction of sp³-hybridized carbons (Fsp3) is 0.455. The summed E-state index contributed by atoms with van der Waals surface area (Å²) in [4.78, 5) is 0. The van der Waals surface area contributed by atoms with Gasteiger partial charge < -0.3 is 10.8 Å². The molecule has 1 aliphatic carbocycles. The van der Waals surface area contributed by atoms with Gasteiger partial charge in [-0.1, -0.05) is 0 Å². The molecule has 3 N–H and O–H groups in total. The Morgan fingerprint density at radius 2 is 2.13 bits per heavy atom. The minimum atomic E-state index is -1.27. The average Bonchev–Trinajstić information content (AvgIpc) is 2.20. The second-order valence-electron chi connectivity index (χ2n) is 4.00. The molecule has 1 aliphatic rings. The molecular weight excluding hydrogens is 200 g/mol. The van der Waals surface area contributed by atoms with Gasteiger partial charge in [-0.2, -0.15) is 0 Å². The van der Waals surface area contributed by atoms with Crippen LogP contribution in [0, 0.1) is 11.6 Å². The highest BCUT2D eigenvalue weighted by Crippen LogP contribution is 2.36. The topological polar surface area (TPSA) is 46.2 Å².